The van der Waals surface area contributed by atoms with E-state index in [9.17, 15) is 4.79 Å². The molecule has 1 saturated heterocycles. The Bertz CT molecular complexity index is 462. The number of amides is 1. The van der Waals surface area contributed by atoms with E-state index in [-0.39, 0.29) is 17.4 Å². The topological polar surface area (TPSA) is 32.3 Å². The minimum atomic E-state index is -0.0400. The van der Waals surface area contributed by atoms with Crippen molar-refractivity contribution in [1.29, 1.82) is 0 Å². The maximum Gasteiger partial charge on any atom is 0.244 e. The minimum Gasteiger partial charge on any atom is -0.311 e. The number of hydrogen-bond acceptors (Lipinski definition) is 2. The summed E-state index contributed by atoms with van der Waals surface area (Å²) in [5, 5.41) is 3.12. The SMILES string of the molecule is CNC1CCCN(c2ccccc2C(C)(C)C)C1=O. The van der Waals surface area contributed by atoms with Crippen molar-refractivity contribution in [2.24, 2.45) is 0 Å². The molecule has 2 rings (SSSR count). The first-order valence-electron chi connectivity index (χ1n) is 7.03. The van der Waals surface area contributed by atoms with Gasteiger partial charge in [0.15, 0.2) is 0 Å². The quantitative estimate of drug-likeness (QED) is 0.886. The van der Waals surface area contributed by atoms with Crippen LogP contribution in [0.1, 0.15) is 39.2 Å². The number of rotatable bonds is 2. The van der Waals surface area contributed by atoms with Crippen LogP contribution in [0, 0.1) is 0 Å². The Hall–Kier alpha value is -1.35. The Balaban J connectivity index is 2.39. The fourth-order valence-electron chi connectivity index (χ4n) is 2.73. The monoisotopic (exact) mass is 260 g/mol. The van der Waals surface area contributed by atoms with Gasteiger partial charge in [0, 0.05) is 12.2 Å². The molecule has 0 aromatic heterocycles. The predicted molar refractivity (Wildman–Crippen MR) is 79.6 cm³/mol. The van der Waals surface area contributed by atoms with Gasteiger partial charge in [-0.15, -0.1) is 0 Å². The molecule has 1 fully saturated rings. The summed E-state index contributed by atoms with van der Waals surface area (Å²) in [6.07, 6.45) is 1.99. The maximum atomic E-state index is 12.5. The van der Waals surface area contributed by atoms with Crippen LogP contribution >= 0.6 is 0 Å². The molecule has 1 aromatic carbocycles. The number of anilines is 1. The number of piperidine rings is 1. The van der Waals surface area contributed by atoms with Crippen LogP contribution in [0.15, 0.2) is 24.3 Å². The molecule has 1 amide bonds. The van der Waals surface area contributed by atoms with Crippen LogP contribution in [0.25, 0.3) is 0 Å². The number of likely N-dealkylation sites (N-methyl/N-ethyl adjacent to an activating group) is 1. The molecule has 1 unspecified atom stereocenters. The van der Waals surface area contributed by atoms with Gasteiger partial charge in [0.05, 0.1) is 6.04 Å². The standard InChI is InChI=1S/C16H24N2O/c1-16(2,3)12-8-5-6-10-14(12)18-11-7-9-13(17-4)15(18)19/h5-6,8,10,13,17H,7,9,11H2,1-4H3. The van der Waals surface area contributed by atoms with Crippen LogP contribution in [-0.4, -0.2) is 25.5 Å². The molecule has 3 nitrogen and oxygen atoms in total. The van der Waals surface area contributed by atoms with Crippen molar-refractivity contribution < 1.29 is 4.79 Å². The molecule has 0 aliphatic carbocycles. The van der Waals surface area contributed by atoms with E-state index in [2.05, 4.69) is 38.2 Å². The third-order valence-electron chi connectivity index (χ3n) is 3.79. The molecule has 1 heterocycles. The third kappa shape index (κ3) is 2.81. The molecular weight excluding hydrogens is 236 g/mol. The highest BCUT2D eigenvalue weighted by Gasteiger charge is 2.31. The predicted octanol–water partition coefficient (Wildman–Crippen LogP) is 2.70. The van der Waals surface area contributed by atoms with E-state index in [1.807, 2.05) is 24.1 Å². The van der Waals surface area contributed by atoms with Crippen molar-refractivity contribution in [2.75, 3.05) is 18.5 Å². The Labute approximate surface area is 116 Å². The normalized spacial score (nSPS) is 20.7. The smallest absolute Gasteiger partial charge is 0.244 e. The molecule has 0 saturated carbocycles. The van der Waals surface area contributed by atoms with Crippen LogP contribution in [0.4, 0.5) is 5.69 Å². The summed E-state index contributed by atoms with van der Waals surface area (Å²) in [7, 11) is 1.86. The van der Waals surface area contributed by atoms with Crippen molar-refractivity contribution in [3.63, 3.8) is 0 Å². The molecule has 1 N–H and O–H groups in total. The van der Waals surface area contributed by atoms with Crippen molar-refractivity contribution in [2.45, 2.75) is 45.1 Å². The number of hydrogen-bond donors (Lipinski definition) is 1. The molecular formula is C16H24N2O. The van der Waals surface area contributed by atoms with Crippen molar-refractivity contribution >= 4 is 11.6 Å². The number of para-hydroxylation sites is 1. The molecule has 0 bridgehead atoms. The van der Waals surface area contributed by atoms with Gasteiger partial charge in [-0.05, 0) is 36.9 Å². The summed E-state index contributed by atoms with van der Waals surface area (Å²) in [6, 6.07) is 8.22. The number of nitrogens with zero attached hydrogens (tertiary/aromatic N) is 1. The summed E-state index contributed by atoms with van der Waals surface area (Å²) < 4.78 is 0. The lowest BCUT2D eigenvalue weighted by molar-refractivity contribution is -0.121. The van der Waals surface area contributed by atoms with Gasteiger partial charge in [0.25, 0.3) is 0 Å². The van der Waals surface area contributed by atoms with E-state index >= 15 is 0 Å². The highest BCUT2D eigenvalue weighted by Crippen LogP contribution is 2.33. The Kier molecular flexibility index (Phi) is 3.95. The van der Waals surface area contributed by atoms with E-state index in [1.165, 1.54) is 5.56 Å². The Morgan fingerprint density at radius 3 is 2.58 bits per heavy atom. The second-order valence-corrected chi connectivity index (χ2v) is 6.24. The van der Waals surface area contributed by atoms with Crippen LogP contribution in [0.2, 0.25) is 0 Å². The summed E-state index contributed by atoms with van der Waals surface area (Å²) >= 11 is 0. The van der Waals surface area contributed by atoms with E-state index < -0.39 is 0 Å². The number of benzene rings is 1. The largest absolute Gasteiger partial charge is 0.311 e. The van der Waals surface area contributed by atoms with Gasteiger partial charge in [-0.25, -0.2) is 0 Å². The lowest BCUT2D eigenvalue weighted by Crippen LogP contribution is -2.50. The molecule has 104 valence electrons. The van der Waals surface area contributed by atoms with Gasteiger partial charge in [0.1, 0.15) is 0 Å². The van der Waals surface area contributed by atoms with E-state index in [0.717, 1.165) is 25.1 Å². The van der Waals surface area contributed by atoms with Gasteiger partial charge in [-0.2, -0.15) is 0 Å². The van der Waals surface area contributed by atoms with E-state index in [0.29, 0.717) is 0 Å². The fraction of sp³-hybridized carbons (Fsp3) is 0.562. The molecule has 1 atom stereocenters. The molecule has 0 spiro atoms. The average Bonchev–Trinajstić information content (AvgIpc) is 2.38. The molecule has 1 aliphatic heterocycles. The Morgan fingerprint density at radius 2 is 1.95 bits per heavy atom. The van der Waals surface area contributed by atoms with Crippen LogP contribution in [-0.2, 0) is 10.2 Å². The average molecular weight is 260 g/mol. The van der Waals surface area contributed by atoms with Crippen molar-refractivity contribution in [3.05, 3.63) is 29.8 Å². The van der Waals surface area contributed by atoms with Crippen molar-refractivity contribution in [3.8, 4) is 0 Å². The number of carbonyl (C=O) groups is 1. The third-order valence-corrected chi connectivity index (χ3v) is 3.79. The van der Waals surface area contributed by atoms with Crippen LogP contribution < -0.4 is 10.2 Å². The highest BCUT2D eigenvalue weighted by atomic mass is 16.2. The van der Waals surface area contributed by atoms with Gasteiger partial charge in [-0.3, -0.25) is 4.79 Å². The van der Waals surface area contributed by atoms with Gasteiger partial charge in [-0.1, -0.05) is 39.0 Å². The second kappa shape index (κ2) is 5.33. The summed E-state index contributed by atoms with van der Waals surface area (Å²) in [6.45, 7) is 7.39. The van der Waals surface area contributed by atoms with Gasteiger partial charge >= 0.3 is 0 Å². The maximum absolute atomic E-state index is 12.5. The zero-order valence-electron chi connectivity index (χ0n) is 12.4. The summed E-state index contributed by atoms with van der Waals surface area (Å²) in [5.41, 5.74) is 2.35. The first-order valence-corrected chi connectivity index (χ1v) is 7.03. The van der Waals surface area contributed by atoms with Crippen molar-refractivity contribution in [1.82, 2.24) is 5.32 Å². The van der Waals surface area contributed by atoms with Crippen LogP contribution in [0.5, 0.6) is 0 Å². The Morgan fingerprint density at radius 1 is 1.26 bits per heavy atom. The summed E-state index contributed by atoms with van der Waals surface area (Å²) in [5.74, 6) is 0.199. The first kappa shape index (κ1) is 14.1. The van der Waals surface area contributed by atoms with Gasteiger partial charge in [0.2, 0.25) is 5.91 Å². The zero-order chi connectivity index (χ0) is 14.0. The molecule has 1 aliphatic rings. The molecule has 19 heavy (non-hydrogen) atoms. The van der Waals surface area contributed by atoms with Gasteiger partial charge < -0.3 is 10.2 Å². The van der Waals surface area contributed by atoms with E-state index in [4.69, 9.17) is 0 Å². The number of nitrogens with one attached hydrogen (secondary N) is 1. The lowest BCUT2D eigenvalue weighted by atomic mass is 9.85. The number of carbonyl (C=O) groups excluding carboxylic acids is 1. The van der Waals surface area contributed by atoms with E-state index in [1.54, 1.807) is 0 Å². The lowest BCUT2D eigenvalue weighted by Gasteiger charge is -2.35. The fourth-order valence-corrected chi connectivity index (χ4v) is 2.73. The molecule has 1 aromatic rings. The van der Waals surface area contributed by atoms with Crippen LogP contribution in [0.3, 0.4) is 0 Å². The molecule has 3 heteroatoms. The molecule has 0 radical (unpaired) electrons. The second-order valence-electron chi connectivity index (χ2n) is 6.24. The first-order chi connectivity index (χ1) is 8.95. The highest BCUT2D eigenvalue weighted by molar-refractivity contribution is 5.98. The summed E-state index contributed by atoms with van der Waals surface area (Å²) in [4.78, 5) is 14.4. The minimum absolute atomic E-state index is 0.0400. The zero-order valence-corrected chi connectivity index (χ0v) is 12.4.